The van der Waals surface area contributed by atoms with Gasteiger partial charge in [0.25, 0.3) is 0 Å². The number of rotatable bonds is 2. The molecule has 21 heavy (non-hydrogen) atoms. The van der Waals surface area contributed by atoms with E-state index < -0.39 is 0 Å². The van der Waals surface area contributed by atoms with Crippen molar-refractivity contribution < 1.29 is 0 Å². The van der Waals surface area contributed by atoms with Crippen molar-refractivity contribution in [2.75, 3.05) is 5.73 Å². The Kier molecular flexibility index (Phi) is 2.41. The predicted molar refractivity (Wildman–Crippen MR) is 79.6 cm³/mol. The van der Waals surface area contributed by atoms with Crippen LogP contribution >= 0.6 is 0 Å². The summed E-state index contributed by atoms with van der Waals surface area (Å²) < 4.78 is 3.78. The Morgan fingerprint density at radius 1 is 1.19 bits per heavy atom. The molecule has 2 N–H and O–H groups in total. The fraction of sp³-hybridized carbons (Fsp3) is 0.143. The van der Waals surface area contributed by atoms with Crippen LogP contribution in [-0.2, 0) is 6.54 Å². The first-order chi connectivity index (χ1) is 10.3. The molecule has 0 aliphatic heterocycles. The largest absolute Gasteiger partial charge is 0.383 e. The minimum Gasteiger partial charge on any atom is -0.383 e. The van der Waals surface area contributed by atoms with Gasteiger partial charge in [0.05, 0.1) is 5.39 Å². The number of anilines is 1. The van der Waals surface area contributed by atoms with Crippen molar-refractivity contribution in [2.45, 2.75) is 13.5 Å². The molecule has 0 saturated heterocycles. The first-order valence-electron chi connectivity index (χ1n) is 6.68. The summed E-state index contributed by atoms with van der Waals surface area (Å²) in [5, 5.41) is 5.42. The zero-order chi connectivity index (χ0) is 14.4. The fourth-order valence-corrected chi connectivity index (χ4v) is 2.51. The molecule has 104 valence electrons. The van der Waals surface area contributed by atoms with Gasteiger partial charge in [-0.2, -0.15) is 5.10 Å². The Bertz CT molecular complexity index is 950. The number of aromatic nitrogens is 6. The molecule has 0 bridgehead atoms. The second-order valence-corrected chi connectivity index (χ2v) is 4.73. The van der Waals surface area contributed by atoms with E-state index in [1.807, 2.05) is 40.5 Å². The third kappa shape index (κ3) is 1.67. The number of hydrogen-bond donors (Lipinski definition) is 1. The Hall–Kier alpha value is -2.96. The molecule has 0 spiro atoms. The molecule has 0 saturated carbocycles. The van der Waals surface area contributed by atoms with E-state index in [9.17, 15) is 0 Å². The van der Waals surface area contributed by atoms with Crippen molar-refractivity contribution in [1.29, 1.82) is 0 Å². The normalized spacial score (nSPS) is 11.5. The lowest BCUT2D eigenvalue weighted by molar-refractivity contribution is 0.678. The van der Waals surface area contributed by atoms with Crippen LogP contribution in [0.1, 0.15) is 6.92 Å². The molecule has 0 aliphatic rings. The summed E-state index contributed by atoms with van der Waals surface area (Å²) in [5.41, 5.74) is 9.43. The number of nitrogens with zero attached hydrogens (tertiary/aromatic N) is 6. The van der Waals surface area contributed by atoms with E-state index in [1.165, 1.54) is 6.33 Å². The van der Waals surface area contributed by atoms with Gasteiger partial charge in [0.15, 0.2) is 5.65 Å². The highest BCUT2D eigenvalue weighted by Crippen LogP contribution is 2.29. The highest BCUT2D eigenvalue weighted by Gasteiger charge is 2.16. The molecule has 0 aliphatic carbocycles. The average molecular weight is 279 g/mol. The van der Waals surface area contributed by atoms with Crippen LogP contribution in [0, 0.1) is 0 Å². The van der Waals surface area contributed by atoms with Gasteiger partial charge in [-0.3, -0.25) is 0 Å². The molecular weight excluding hydrogens is 266 g/mol. The maximum atomic E-state index is 6.03. The number of nitrogens with two attached hydrogens (primary N) is 1. The standard InChI is InChI=1S/C14H13N7/c1-2-21-14-11(13(15)17-8-18-14)12(19-21)9-3-4-10-16-5-6-20(10)7-9/h3-8H,2H2,1H3,(H2,15,17,18). The van der Waals surface area contributed by atoms with Crippen LogP contribution in [0.4, 0.5) is 5.82 Å². The lowest BCUT2D eigenvalue weighted by atomic mass is 10.1. The summed E-state index contributed by atoms with van der Waals surface area (Å²) >= 11 is 0. The van der Waals surface area contributed by atoms with E-state index in [0.717, 1.165) is 34.5 Å². The molecule has 0 atom stereocenters. The third-order valence-electron chi connectivity index (χ3n) is 3.52. The average Bonchev–Trinajstić information content (AvgIpc) is 3.11. The maximum Gasteiger partial charge on any atom is 0.163 e. The minimum absolute atomic E-state index is 0.445. The second kappa shape index (κ2) is 4.27. The van der Waals surface area contributed by atoms with E-state index in [-0.39, 0.29) is 0 Å². The highest BCUT2D eigenvalue weighted by molar-refractivity contribution is 5.98. The lowest BCUT2D eigenvalue weighted by Crippen LogP contribution is -1.98. The van der Waals surface area contributed by atoms with Gasteiger partial charge in [0.1, 0.15) is 23.5 Å². The SMILES string of the molecule is CCn1nc(-c2ccc3nccn3c2)c2c(N)ncnc21. The quantitative estimate of drug-likeness (QED) is 0.604. The van der Waals surface area contributed by atoms with Gasteiger partial charge in [-0.05, 0) is 19.1 Å². The topological polar surface area (TPSA) is 86.9 Å². The molecule has 0 aromatic carbocycles. The molecule has 4 rings (SSSR count). The summed E-state index contributed by atoms with van der Waals surface area (Å²) in [6, 6.07) is 3.93. The maximum absolute atomic E-state index is 6.03. The first kappa shape index (κ1) is 11.8. The van der Waals surface area contributed by atoms with Crippen LogP contribution in [-0.4, -0.2) is 29.1 Å². The summed E-state index contributed by atoms with van der Waals surface area (Å²) in [6.07, 6.45) is 7.11. The number of imidazole rings is 1. The van der Waals surface area contributed by atoms with E-state index in [0.29, 0.717) is 5.82 Å². The smallest absolute Gasteiger partial charge is 0.163 e. The molecule has 7 heteroatoms. The molecule has 0 fully saturated rings. The van der Waals surface area contributed by atoms with Crippen molar-refractivity contribution in [3.8, 4) is 11.3 Å². The molecule has 0 unspecified atom stereocenters. The molecule has 4 aromatic rings. The van der Waals surface area contributed by atoms with Gasteiger partial charge in [-0.15, -0.1) is 0 Å². The number of pyridine rings is 1. The van der Waals surface area contributed by atoms with Crippen molar-refractivity contribution in [1.82, 2.24) is 29.1 Å². The monoisotopic (exact) mass is 279 g/mol. The molecule has 4 aromatic heterocycles. The second-order valence-electron chi connectivity index (χ2n) is 4.73. The summed E-state index contributed by atoms with van der Waals surface area (Å²) in [5.74, 6) is 0.445. The molecule has 0 radical (unpaired) electrons. The first-order valence-corrected chi connectivity index (χ1v) is 6.68. The zero-order valence-corrected chi connectivity index (χ0v) is 11.4. The van der Waals surface area contributed by atoms with Gasteiger partial charge < -0.3 is 10.1 Å². The Morgan fingerprint density at radius 2 is 2.10 bits per heavy atom. The van der Waals surface area contributed by atoms with Crippen LogP contribution in [0.5, 0.6) is 0 Å². The summed E-state index contributed by atoms with van der Waals surface area (Å²) in [4.78, 5) is 12.6. The minimum atomic E-state index is 0.445. The predicted octanol–water partition coefficient (Wildman–Crippen LogP) is 1.74. The summed E-state index contributed by atoms with van der Waals surface area (Å²) in [6.45, 7) is 2.74. The zero-order valence-electron chi connectivity index (χ0n) is 11.4. The van der Waals surface area contributed by atoms with E-state index in [1.54, 1.807) is 6.20 Å². The van der Waals surface area contributed by atoms with Gasteiger partial charge >= 0.3 is 0 Å². The Morgan fingerprint density at radius 3 is 2.95 bits per heavy atom. The molecule has 4 heterocycles. The Balaban J connectivity index is 2.05. The van der Waals surface area contributed by atoms with Crippen molar-refractivity contribution in [3.05, 3.63) is 37.1 Å². The van der Waals surface area contributed by atoms with Crippen molar-refractivity contribution in [2.24, 2.45) is 0 Å². The van der Waals surface area contributed by atoms with Gasteiger partial charge in [0, 0.05) is 30.7 Å². The van der Waals surface area contributed by atoms with Gasteiger partial charge in [-0.25, -0.2) is 19.6 Å². The molecule has 7 nitrogen and oxygen atoms in total. The van der Waals surface area contributed by atoms with Crippen LogP contribution < -0.4 is 5.73 Å². The highest BCUT2D eigenvalue weighted by atomic mass is 15.3. The Labute approximate surface area is 120 Å². The van der Waals surface area contributed by atoms with Crippen LogP contribution in [0.2, 0.25) is 0 Å². The lowest BCUT2D eigenvalue weighted by Gasteiger charge is -2.00. The number of hydrogen-bond acceptors (Lipinski definition) is 5. The number of nitrogen functional groups attached to an aromatic ring is 1. The molecular formula is C14H13N7. The van der Waals surface area contributed by atoms with Crippen LogP contribution in [0.3, 0.4) is 0 Å². The van der Waals surface area contributed by atoms with Gasteiger partial charge in [-0.1, -0.05) is 0 Å². The summed E-state index contributed by atoms with van der Waals surface area (Å²) in [7, 11) is 0. The van der Waals surface area contributed by atoms with Crippen molar-refractivity contribution >= 4 is 22.5 Å². The third-order valence-corrected chi connectivity index (χ3v) is 3.52. The number of fused-ring (bicyclic) bond motifs is 2. The fourth-order valence-electron chi connectivity index (χ4n) is 2.51. The van der Waals surface area contributed by atoms with E-state index >= 15 is 0 Å². The van der Waals surface area contributed by atoms with Crippen LogP contribution in [0.15, 0.2) is 37.1 Å². The van der Waals surface area contributed by atoms with E-state index in [2.05, 4.69) is 20.1 Å². The van der Waals surface area contributed by atoms with Crippen molar-refractivity contribution in [3.63, 3.8) is 0 Å². The molecule has 0 amide bonds. The van der Waals surface area contributed by atoms with Gasteiger partial charge in [0.2, 0.25) is 0 Å². The number of aryl methyl sites for hydroxylation is 1. The van der Waals surface area contributed by atoms with Crippen LogP contribution in [0.25, 0.3) is 27.9 Å². The van der Waals surface area contributed by atoms with E-state index in [4.69, 9.17) is 5.73 Å².